The molecular formula is C26H20ClN3O. The van der Waals surface area contributed by atoms with E-state index in [-0.39, 0.29) is 5.56 Å². The summed E-state index contributed by atoms with van der Waals surface area (Å²) in [7, 11) is 1.87. The summed E-state index contributed by atoms with van der Waals surface area (Å²) < 4.78 is 3.47. The highest BCUT2D eigenvalue weighted by molar-refractivity contribution is 6.42. The van der Waals surface area contributed by atoms with Gasteiger partial charge in [0.15, 0.2) is 5.69 Å². The lowest BCUT2D eigenvalue weighted by Crippen LogP contribution is -2.19. The van der Waals surface area contributed by atoms with E-state index in [1.165, 1.54) is 0 Å². The van der Waals surface area contributed by atoms with Gasteiger partial charge in [0.05, 0.1) is 16.4 Å². The summed E-state index contributed by atoms with van der Waals surface area (Å²) in [5.74, 6) is 0. The van der Waals surface area contributed by atoms with Gasteiger partial charge in [-0.15, -0.1) is 0 Å². The van der Waals surface area contributed by atoms with E-state index in [9.17, 15) is 4.79 Å². The fraction of sp³-hybridized carbons (Fsp3) is 0.0769. The van der Waals surface area contributed by atoms with Crippen molar-refractivity contribution in [3.8, 4) is 5.69 Å². The Morgan fingerprint density at radius 3 is 1.90 bits per heavy atom. The Morgan fingerprint density at radius 2 is 1.32 bits per heavy atom. The SMILES string of the molecule is Cc1c(N=Cc2c3ccccc3c(Cl)c3ccccc23)c(=O)n(-c2ccccc2)n1C. The van der Waals surface area contributed by atoms with E-state index < -0.39 is 0 Å². The maximum Gasteiger partial charge on any atom is 0.297 e. The molecule has 0 aliphatic carbocycles. The van der Waals surface area contributed by atoms with Crippen LogP contribution in [0.25, 0.3) is 27.2 Å². The lowest BCUT2D eigenvalue weighted by atomic mass is 9.97. The van der Waals surface area contributed by atoms with Crippen molar-refractivity contribution in [3.05, 3.63) is 105 Å². The van der Waals surface area contributed by atoms with Crippen molar-refractivity contribution in [3.63, 3.8) is 0 Å². The van der Waals surface area contributed by atoms with Gasteiger partial charge >= 0.3 is 0 Å². The second kappa shape index (κ2) is 7.56. The van der Waals surface area contributed by atoms with Crippen molar-refractivity contribution in [2.24, 2.45) is 12.0 Å². The second-order valence-electron chi connectivity index (χ2n) is 7.49. The third kappa shape index (κ3) is 3.07. The molecule has 1 heterocycles. The summed E-state index contributed by atoms with van der Waals surface area (Å²) >= 11 is 6.70. The molecule has 5 aromatic rings. The summed E-state index contributed by atoms with van der Waals surface area (Å²) in [6.07, 6.45) is 1.79. The summed E-state index contributed by atoms with van der Waals surface area (Å²) in [6.45, 7) is 1.91. The van der Waals surface area contributed by atoms with Crippen LogP contribution < -0.4 is 5.56 Å². The number of para-hydroxylation sites is 1. The van der Waals surface area contributed by atoms with Crippen LogP contribution in [0.4, 0.5) is 5.69 Å². The topological polar surface area (TPSA) is 39.3 Å². The predicted molar refractivity (Wildman–Crippen MR) is 129 cm³/mol. The van der Waals surface area contributed by atoms with Crippen LogP contribution >= 0.6 is 11.6 Å². The molecule has 0 spiro atoms. The van der Waals surface area contributed by atoms with Gasteiger partial charge in [0.1, 0.15) is 0 Å². The maximum absolute atomic E-state index is 13.2. The molecule has 31 heavy (non-hydrogen) atoms. The van der Waals surface area contributed by atoms with Crippen molar-refractivity contribution < 1.29 is 0 Å². The van der Waals surface area contributed by atoms with Crippen LogP contribution in [-0.4, -0.2) is 15.6 Å². The average Bonchev–Trinajstić information content (AvgIpc) is 3.02. The van der Waals surface area contributed by atoms with Crippen molar-refractivity contribution in [1.29, 1.82) is 0 Å². The first kappa shape index (κ1) is 19.3. The normalized spacial score (nSPS) is 11.7. The number of aromatic nitrogens is 2. The molecule has 4 nitrogen and oxygen atoms in total. The molecule has 0 aliphatic rings. The zero-order valence-corrected chi connectivity index (χ0v) is 18.0. The number of benzene rings is 4. The lowest BCUT2D eigenvalue weighted by Gasteiger charge is -2.10. The molecule has 5 heteroatoms. The second-order valence-corrected chi connectivity index (χ2v) is 7.87. The van der Waals surface area contributed by atoms with Crippen LogP contribution in [0.5, 0.6) is 0 Å². The van der Waals surface area contributed by atoms with Crippen LogP contribution in [0.3, 0.4) is 0 Å². The van der Waals surface area contributed by atoms with E-state index in [0.29, 0.717) is 5.69 Å². The molecule has 0 atom stereocenters. The Bertz CT molecular complexity index is 1470. The van der Waals surface area contributed by atoms with Crippen LogP contribution in [-0.2, 0) is 7.05 Å². The lowest BCUT2D eigenvalue weighted by molar-refractivity contribution is 0.630. The molecule has 0 saturated heterocycles. The maximum atomic E-state index is 13.2. The molecule has 5 rings (SSSR count). The molecule has 0 fully saturated rings. The number of hydrogen-bond acceptors (Lipinski definition) is 2. The number of aliphatic imine (C=N–C) groups is 1. The summed E-state index contributed by atoms with van der Waals surface area (Å²) in [4.78, 5) is 17.9. The van der Waals surface area contributed by atoms with E-state index in [1.807, 2.05) is 97.5 Å². The quantitative estimate of drug-likeness (QED) is 0.251. The number of nitrogens with zero attached hydrogens (tertiary/aromatic N) is 3. The Balaban J connectivity index is 1.74. The van der Waals surface area contributed by atoms with Crippen molar-refractivity contribution in [2.45, 2.75) is 6.92 Å². The standard InChI is InChI=1S/C26H20ClN3O/c1-17-25(26(31)30(29(17)2)18-10-4-3-5-11-18)28-16-23-19-12-6-8-14-21(19)24(27)22-15-9-7-13-20(22)23/h3-16H,1-2H3. The van der Waals surface area contributed by atoms with Gasteiger partial charge in [-0.05, 0) is 29.8 Å². The fourth-order valence-electron chi connectivity index (χ4n) is 4.08. The molecule has 0 bridgehead atoms. The van der Waals surface area contributed by atoms with E-state index in [1.54, 1.807) is 10.9 Å². The van der Waals surface area contributed by atoms with Crippen molar-refractivity contribution >= 4 is 45.0 Å². The molecule has 0 saturated carbocycles. The monoisotopic (exact) mass is 425 g/mol. The van der Waals surface area contributed by atoms with Gasteiger partial charge in [0, 0.05) is 29.6 Å². The molecule has 0 unspecified atom stereocenters. The zero-order valence-electron chi connectivity index (χ0n) is 17.2. The number of rotatable bonds is 3. The number of hydrogen-bond donors (Lipinski definition) is 0. The van der Waals surface area contributed by atoms with Gasteiger partial charge in [-0.2, -0.15) is 0 Å². The molecule has 0 aliphatic heterocycles. The highest BCUT2D eigenvalue weighted by Crippen LogP contribution is 2.35. The minimum atomic E-state index is -0.148. The van der Waals surface area contributed by atoms with E-state index in [0.717, 1.165) is 43.5 Å². The predicted octanol–water partition coefficient (Wildman–Crippen LogP) is 6.19. The first-order valence-corrected chi connectivity index (χ1v) is 10.4. The molecule has 4 aromatic carbocycles. The number of fused-ring (bicyclic) bond motifs is 2. The first-order valence-electron chi connectivity index (χ1n) is 10.0. The molecule has 0 radical (unpaired) electrons. The van der Waals surface area contributed by atoms with E-state index in [2.05, 4.69) is 0 Å². The van der Waals surface area contributed by atoms with Gasteiger partial charge < -0.3 is 0 Å². The van der Waals surface area contributed by atoms with Crippen LogP contribution in [0.1, 0.15) is 11.3 Å². The fourth-order valence-corrected chi connectivity index (χ4v) is 4.41. The van der Waals surface area contributed by atoms with Gasteiger partial charge in [0.2, 0.25) is 0 Å². The number of halogens is 1. The van der Waals surface area contributed by atoms with Gasteiger partial charge in [-0.25, -0.2) is 9.67 Å². The highest BCUT2D eigenvalue weighted by Gasteiger charge is 2.16. The molecule has 1 aromatic heterocycles. The van der Waals surface area contributed by atoms with Crippen LogP contribution in [0.15, 0.2) is 88.6 Å². The minimum absolute atomic E-state index is 0.148. The third-order valence-electron chi connectivity index (χ3n) is 5.75. The highest BCUT2D eigenvalue weighted by atomic mass is 35.5. The summed E-state index contributed by atoms with van der Waals surface area (Å²) in [6, 6.07) is 25.6. The minimum Gasteiger partial charge on any atom is -0.283 e. The first-order chi connectivity index (χ1) is 15.1. The van der Waals surface area contributed by atoms with Gasteiger partial charge in [0.25, 0.3) is 5.56 Å². The smallest absolute Gasteiger partial charge is 0.283 e. The van der Waals surface area contributed by atoms with E-state index >= 15 is 0 Å². The third-order valence-corrected chi connectivity index (χ3v) is 6.16. The van der Waals surface area contributed by atoms with E-state index in [4.69, 9.17) is 16.6 Å². The Labute approximate surface area is 184 Å². The van der Waals surface area contributed by atoms with Gasteiger partial charge in [-0.3, -0.25) is 9.48 Å². The van der Waals surface area contributed by atoms with Gasteiger partial charge in [-0.1, -0.05) is 78.3 Å². The molecule has 152 valence electrons. The molecule has 0 amide bonds. The average molecular weight is 426 g/mol. The Kier molecular flexibility index (Phi) is 4.72. The summed E-state index contributed by atoms with van der Waals surface area (Å²) in [5, 5.41) is 4.68. The zero-order chi connectivity index (χ0) is 21.5. The van der Waals surface area contributed by atoms with Crippen LogP contribution in [0, 0.1) is 6.92 Å². The Morgan fingerprint density at radius 1 is 0.806 bits per heavy atom. The summed E-state index contributed by atoms with van der Waals surface area (Å²) in [5.41, 5.74) is 2.83. The molecule has 0 N–H and O–H groups in total. The largest absolute Gasteiger partial charge is 0.297 e. The van der Waals surface area contributed by atoms with Crippen molar-refractivity contribution in [1.82, 2.24) is 9.36 Å². The van der Waals surface area contributed by atoms with Crippen molar-refractivity contribution in [2.75, 3.05) is 0 Å². The molecular weight excluding hydrogens is 406 g/mol. The van der Waals surface area contributed by atoms with Crippen LogP contribution in [0.2, 0.25) is 5.02 Å². The Hall–Kier alpha value is -3.63.